The quantitative estimate of drug-likeness (QED) is 0.632. The average Bonchev–Trinajstić information content (AvgIpc) is 2.66. The zero-order valence-corrected chi connectivity index (χ0v) is 17.0. The van der Waals surface area contributed by atoms with E-state index in [1.54, 1.807) is 25.3 Å². The van der Waals surface area contributed by atoms with Crippen LogP contribution in [-0.2, 0) is 11.4 Å². The lowest BCUT2D eigenvalue weighted by Crippen LogP contribution is -2.33. The average molecular weight is 417 g/mol. The molecule has 3 N–H and O–H groups in total. The number of fused-ring (bicyclic) bond motifs is 3. The molecule has 0 spiro atoms. The highest BCUT2D eigenvalue weighted by Crippen LogP contribution is 2.42. The number of anilines is 1. The van der Waals surface area contributed by atoms with Crippen LogP contribution in [0.25, 0.3) is 11.1 Å². The minimum Gasteiger partial charge on any atom is -0.490 e. The Morgan fingerprint density at radius 2 is 2.10 bits per heavy atom. The summed E-state index contributed by atoms with van der Waals surface area (Å²) in [6.45, 7) is 5.44. The second-order valence-corrected chi connectivity index (χ2v) is 7.45. The van der Waals surface area contributed by atoms with Crippen LogP contribution in [0.4, 0.5) is 15.0 Å². The van der Waals surface area contributed by atoms with Gasteiger partial charge >= 0.3 is 6.09 Å². The highest BCUT2D eigenvalue weighted by atomic mass is 19.1. The van der Waals surface area contributed by atoms with E-state index in [0.29, 0.717) is 17.8 Å². The van der Waals surface area contributed by atoms with E-state index in [0.717, 1.165) is 11.1 Å². The molecule has 1 aliphatic heterocycles. The third kappa shape index (κ3) is 4.97. The summed E-state index contributed by atoms with van der Waals surface area (Å²) in [6, 6.07) is 4.71. The second kappa shape index (κ2) is 8.98. The van der Waals surface area contributed by atoms with Crippen molar-refractivity contribution in [1.29, 1.82) is 0 Å². The number of aromatic nitrogens is 1. The van der Waals surface area contributed by atoms with Gasteiger partial charge in [-0.1, -0.05) is 6.92 Å². The fourth-order valence-corrected chi connectivity index (χ4v) is 3.42. The Balaban J connectivity index is 1.74. The van der Waals surface area contributed by atoms with Gasteiger partial charge < -0.3 is 25.2 Å². The minimum atomic E-state index is -1.08. The molecule has 3 rings (SSSR count). The summed E-state index contributed by atoms with van der Waals surface area (Å²) in [5, 5.41) is 13.8. The van der Waals surface area contributed by atoms with Gasteiger partial charge in [0.25, 0.3) is 0 Å². The lowest BCUT2D eigenvalue weighted by atomic mass is 9.98. The predicted octanol–water partition coefficient (Wildman–Crippen LogP) is 3.80. The number of amides is 2. The molecule has 1 aromatic carbocycles. The number of carbonyl (C=O) groups excluding carboxylic acids is 1. The van der Waals surface area contributed by atoms with Crippen LogP contribution >= 0.6 is 0 Å². The van der Waals surface area contributed by atoms with Crippen LogP contribution in [0.15, 0.2) is 24.4 Å². The highest BCUT2D eigenvalue weighted by molar-refractivity contribution is 5.89. The number of rotatable bonds is 7. The van der Waals surface area contributed by atoms with Gasteiger partial charge in [0.2, 0.25) is 11.7 Å². The molecule has 30 heavy (non-hydrogen) atoms. The summed E-state index contributed by atoms with van der Waals surface area (Å²) >= 11 is 0. The topological polar surface area (TPSA) is 110 Å². The lowest BCUT2D eigenvalue weighted by molar-refractivity contribution is -0.114. The molecule has 2 aromatic rings. The molecule has 0 saturated heterocycles. The van der Waals surface area contributed by atoms with E-state index in [9.17, 15) is 9.59 Å². The molecule has 1 aromatic heterocycles. The van der Waals surface area contributed by atoms with Crippen LogP contribution in [0.3, 0.4) is 0 Å². The van der Waals surface area contributed by atoms with Gasteiger partial charge in [0, 0.05) is 30.3 Å². The summed E-state index contributed by atoms with van der Waals surface area (Å²) in [6.07, 6.45) is 1.08. The fourth-order valence-electron chi connectivity index (χ4n) is 3.42. The second-order valence-electron chi connectivity index (χ2n) is 7.45. The van der Waals surface area contributed by atoms with E-state index >= 15 is 4.39 Å². The molecule has 0 fully saturated rings. The van der Waals surface area contributed by atoms with E-state index in [2.05, 4.69) is 15.6 Å². The Morgan fingerprint density at radius 1 is 1.33 bits per heavy atom. The van der Waals surface area contributed by atoms with Crippen LogP contribution in [0.5, 0.6) is 11.5 Å². The molecular weight excluding hydrogens is 393 g/mol. The van der Waals surface area contributed by atoms with Gasteiger partial charge in [-0.05, 0) is 43.0 Å². The predicted molar refractivity (Wildman–Crippen MR) is 108 cm³/mol. The van der Waals surface area contributed by atoms with E-state index in [1.807, 2.05) is 6.92 Å². The minimum absolute atomic E-state index is 0.00946. The number of benzene rings is 1. The first-order valence-corrected chi connectivity index (χ1v) is 9.59. The summed E-state index contributed by atoms with van der Waals surface area (Å²) in [7, 11) is 0. The third-order valence-electron chi connectivity index (χ3n) is 4.66. The number of pyridine rings is 1. The van der Waals surface area contributed by atoms with Gasteiger partial charge in [0.05, 0.1) is 6.61 Å². The van der Waals surface area contributed by atoms with Crippen molar-refractivity contribution in [3.8, 4) is 22.6 Å². The molecule has 1 aliphatic rings. The SMILES string of the molecule is CC(=O)Nc1cc2c(cn1)COc1c-2ccc(OCC(C)CC(C)NC(=O)O)c1F. The van der Waals surface area contributed by atoms with Gasteiger partial charge in [-0.2, -0.15) is 4.39 Å². The monoisotopic (exact) mass is 417 g/mol. The van der Waals surface area contributed by atoms with Crippen molar-refractivity contribution in [2.24, 2.45) is 5.92 Å². The fraction of sp³-hybridized carbons (Fsp3) is 0.381. The van der Waals surface area contributed by atoms with Crippen molar-refractivity contribution in [2.75, 3.05) is 11.9 Å². The van der Waals surface area contributed by atoms with Crippen LogP contribution in [0.2, 0.25) is 0 Å². The maximum absolute atomic E-state index is 15.0. The Hall–Kier alpha value is -3.36. The molecule has 0 aliphatic carbocycles. The van der Waals surface area contributed by atoms with Crippen molar-refractivity contribution < 1.29 is 28.6 Å². The highest BCUT2D eigenvalue weighted by Gasteiger charge is 2.24. The normalized spacial score (nSPS) is 13.9. The first-order valence-electron chi connectivity index (χ1n) is 9.59. The Bertz CT molecular complexity index is 966. The maximum Gasteiger partial charge on any atom is 0.404 e. The van der Waals surface area contributed by atoms with Gasteiger partial charge in [-0.15, -0.1) is 0 Å². The van der Waals surface area contributed by atoms with Crippen molar-refractivity contribution in [3.63, 3.8) is 0 Å². The molecule has 2 atom stereocenters. The number of hydrogen-bond donors (Lipinski definition) is 3. The van der Waals surface area contributed by atoms with Crippen molar-refractivity contribution in [1.82, 2.24) is 10.3 Å². The lowest BCUT2D eigenvalue weighted by Gasteiger charge is -2.23. The number of carboxylic acid groups (broad SMARTS) is 1. The van der Waals surface area contributed by atoms with Crippen molar-refractivity contribution in [2.45, 2.75) is 39.8 Å². The van der Waals surface area contributed by atoms with Crippen LogP contribution < -0.4 is 20.1 Å². The molecule has 160 valence electrons. The largest absolute Gasteiger partial charge is 0.490 e. The van der Waals surface area contributed by atoms with E-state index in [4.69, 9.17) is 14.6 Å². The Labute approximate surface area is 173 Å². The number of ether oxygens (including phenoxy) is 2. The molecule has 2 unspecified atom stereocenters. The Morgan fingerprint density at radius 3 is 2.80 bits per heavy atom. The number of carbonyl (C=O) groups is 2. The molecule has 2 heterocycles. The zero-order valence-electron chi connectivity index (χ0n) is 17.0. The van der Waals surface area contributed by atoms with E-state index in [-0.39, 0.29) is 42.6 Å². The smallest absolute Gasteiger partial charge is 0.404 e. The molecule has 2 amide bonds. The standard InChI is InChI=1S/C21H24FN3O5/c1-11(6-12(2)24-21(27)28)9-29-17-5-4-15-16-7-18(25-13(3)26)23-8-14(16)10-30-20(15)19(17)22/h4-5,7-8,11-12,24H,6,9-10H2,1-3H3,(H,27,28)(H,23,25,26). The first kappa shape index (κ1) is 21.4. The van der Waals surface area contributed by atoms with Crippen molar-refractivity contribution >= 4 is 17.8 Å². The number of nitrogens with one attached hydrogen (secondary N) is 2. The Kier molecular flexibility index (Phi) is 6.39. The molecule has 0 radical (unpaired) electrons. The zero-order chi connectivity index (χ0) is 21.8. The summed E-state index contributed by atoms with van der Waals surface area (Å²) in [5.41, 5.74) is 2.09. The molecule has 0 bridgehead atoms. The van der Waals surface area contributed by atoms with E-state index < -0.39 is 11.9 Å². The summed E-state index contributed by atoms with van der Waals surface area (Å²) in [4.78, 5) is 26.1. The maximum atomic E-state index is 15.0. The van der Waals surface area contributed by atoms with Crippen LogP contribution in [-0.4, -0.2) is 34.7 Å². The van der Waals surface area contributed by atoms with Crippen molar-refractivity contribution in [3.05, 3.63) is 35.8 Å². The van der Waals surface area contributed by atoms with Gasteiger partial charge in [0.15, 0.2) is 11.5 Å². The number of halogens is 1. The number of hydrogen-bond acceptors (Lipinski definition) is 5. The van der Waals surface area contributed by atoms with Crippen LogP contribution in [0.1, 0.15) is 32.8 Å². The van der Waals surface area contributed by atoms with Crippen LogP contribution in [0, 0.1) is 11.7 Å². The van der Waals surface area contributed by atoms with E-state index in [1.165, 1.54) is 13.0 Å². The first-order chi connectivity index (χ1) is 14.2. The molecule has 8 nitrogen and oxygen atoms in total. The third-order valence-corrected chi connectivity index (χ3v) is 4.66. The molecule has 0 saturated carbocycles. The van der Waals surface area contributed by atoms with Gasteiger partial charge in [0.1, 0.15) is 12.4 Å². The van der Waals surface area contributed by atoms with Gasteiger partial charge in [-0.3, -0.25) is 4.79 Å². The summed E-state index contributed by atoms with van der Waals surface area (Å²) in [5.74, 6) is -0.290. The van der Waals surface area contributed by atoms with Gasteiger partial charge in [-0.25, -0.2) is 9.78 Å². The molecular formula is C21H24FN3O5. The molecule has 9 heteroatoms. The number of nitrogens with zero attached hydrogens (tertiary/aromatic N) is 1. The summed E-state index contributed by atoms with van der Waals surface area (Å²) < 4.78 is 26.3.